The molecule has 0 N–H and O–H groups in total. The van der Waals surface area contributed by atoms with Gasteiger partial charge in [-0.05, 0) is 89.9 Å². The van der Waals surface area contributed by atoms with Crippen LogP contribution >= 0.6 is 0 Å². The molecule has 0 aromatic heterocycles. The summed E-state index contributed by atoms with van der Waals surface area (Å²) in [5, 5.41) is 0. The summed E-state index contributed by atoms with van der Waals surface area (Å²) in [6, 6.07) is 0. The summed E-state index contributed by atoms with van der Waals surface area (Å²) in [4.78, 5) is 38.1. The Kier molecular flexibility index (Phi) is 52.9. The Morgan fingerprint density at radius 3 is 1.01 bits per heavy atom. The fourth-order valence-corrected chi connectivity index (χ4v) is 7.62. The number of ether oxygens (including phenoxy) is 3. The molecule has 0 heterocycles. The molecule has 0 aliphatic carbocycles. The number of allylic oxidation sites excluding steroid dienone is 16. The summed E-state index contributed by atoms with van der Waals surface area (Å²) in [5.41, 5.74) is 0. The minimum absolute atomic E-state index is 0.103. The molecule has 0 aliphatic rings. The molecule has 0 bridgehead atoms. The standard InChI is InChI=1S/C62H104O6/c1-4-7-10-13-16-19-22-25-28-30-31-33-34-37-40-43-46-49-52-55-61(64)67-58-59(57-66-60(63)54-51-48-45-42-39-36-27-24-21-18-15-12-9-6-3)68-62(65)56-53-50-47-44-41-38-35-32-29-26-23-20-17-14-11-8-5-2/h7,10,16-17,19-20,25-26,28-29,31,33,37,40,46,49,59H,4-6,8-9,11-15,18,21-24,27,30,32,34-36,38-39,41-45,47-48,50-58H2,1-3H3/b10-7-,19-16-,20-17-,28-25-,29-26-,33-31-,40-37-,49-46-. The lowest BCUT2D eigenvalue weighted by Gasteiger charge is -2.18. The maximum Gasteiger partial charge on any atom is 0.306 e. The van der Waals surface area contributed by atoms with Crippen LogP contribution in [0.1, 0.15) is 258 Å². The van der Waals surface area contributed by atoms with E-state index in [1.165, 1.54) is 122 Å². The zero-order chi connectivity index (χ0) is 49.3. The van der Waals surface area contributed by atoms with Crippen LogP contribution in [-0.4, -0.2) is 37.2 Å². The van der Waals surface area contributed by atoms with E-state index in [9.17, 15) is 14.4 Å². The van der Waals surface area contributed by atoms with Crippen molar-refractivity contribution in [1.29, 1.82) is 0 Å². The van der Waals surface area contributed by atoms with Gasteiger partial charge in [0, 0.05) is 19.3 Å². The van der Waals surface area contributed by atoms with E-state index in [1.807, 2.05) is 6.08 Å². The van der Waals surface area contributed by atoms with Crippen LogP contribution in [0.5, 0.6) is 0 Å². The molecule has 1 atom stereocenters. The van der Waals surface area contributed by atoms with Crippen molar-refractivity contribution < 1.29 is 28.6 Å². The van der Waals surface area contributed by atoms with Gasteiger partial charge in [-0.15, -0.1) is 0 Å². The Morgan fingerprint density at radius 2 is 0.603 bits per heavy atom. The van der Waals surface area contributed by atoms with E-state index >= 15 is 0 Å². The highest BCUT2D eigenvalue weighted by Gasteiger charge is 2.19. The molecule has 68 heavy (non-hydrogen) atoms. The first kappa shape index (κ1) is 64.3. The molecule has 0 aliphatic heterocycles. The molecule has 0 rings (SSSR count). The molecular formula is C62H104O6. The monoisotopic (exact) mass is 945 g/mol. The first-order valence-corrected chi connectivity index (χ1v) is 28.2. The quantitative estimate of drug-likeness (QED) is 0.0262. The predicted octanol–water partition coefficient (Wildman–Crippen LogP) is 18.9. The number of carbonyl (C=O) groups is 3. The number of rotatable bonds is 50. The van der Waals surface area contributed by atoms with E-state index < -0.39 is 6.10 Å². The van der Waals surface area contributed by atoms with Crippen molar-refractivity contribution in [1.82, 2.24) is 0 Å². The van der Waals surface area contributed by atoms with Crippen molar-refractivity contribution in [2.45, 2.75) is 264 Å². The van der Waals surface area contributed by atoms with Crippen LogP contribution in [0.4, 0.5) is 0 Å². The minimum Gasteiger partial charge on any atom is -0.462 e. The van der Waals surface area contributed by atoms with Gasteiger partial charge in [0.05, 0.1) is 0 Å². The first-order chi connectivity index (χ1) is 33.5. The van der Waals surface area contributed by atoms with Gasteiger partial charge in [-0.25, -0.2) is 0 Å². The van der Waals surface area contributed by atoms with Gasteiger partial charge >= 0.3 is 17.9 Å². The van der Waals surface area contributed by atoms with Crippen molar-refractivity contribution >= 4 is 17.9 Å². The minimum atomic E-state index is -0.812. The average Bonchev–Trinajstić information content (AvgIpc) is 3.34. The normalized spacial score (nSPS) is 12.8. The summed E-state index contributed by atoms with van der Waals surface area (Å²) < 4.78 is 16.8. The smallest absolute Gasteiger partial charge is 0.306 e. The molecule has 0 fully saturated rings. The lowest BCUT2D eigenvalue weighted by atomic mass is 10.0. The molecule has 0 saturated carbocycles. The van der Waals surface area contributed by atoms with E-state index in [-0.39, 0.29) is 37.5 Å². The Labute approximate surface area is 419 Å². The van der Waals surface area contributed by atoms with Crippen LogP contribution in [-0.2, 0) is 28.6 Å². The van der Waals surface area contributed by atoms with E-state index in [4.69, 9.17) is 14.2 Å². The molecule has 388 valence electrons. The third-order valence-corrected chi connectivity index (χ3v) is 11.8. The van der Waals surface area contributed by atoms with Gasteiger partial charge in [0.2, 0.25) is 0 Å². The van der Waals surface area contributed by atoms with Crippen LogP contribution in [0, 0.1) is 0 Å². The van der Waals surface area contributed by atoms with Gasteiger partial charge in [0.1, 0.15) is 13.2 Å². The van der Waals surface area contributed by atoms with Gasteiger partial charge in [0.25, 0.3) is 0 Å². The first-order valence-electron chi connectivity index (χ1n) is 28.2. The van der Waals surface area contributed by atoms with Crippen LogP contribution in [0.3, 0.4) is 0 Å². The van der Waals surface area contributed by atoms with E-state index in [0.717, 1.165) is 89.9 Å². The highest BCUT2D eigenvalue weighted by atomic mass is 16.6. The highest BCUT2D eigenvalue weighted by Crippen LogP contribution is 2.15. The molecule has 6 nitrogen and oxygen atoms in total. The Bertz CT molecular complexity index is 1360. The van der Waals surface area contributed by atoms with Crippen LogP contribution in [0.25, 0.3) is 0 Å². The number of hydrogen-bond donors (Lipinski definition) is 0. The largest absolute Gasteiger partial charge is 0.462 e. The lowest BCUT2D eigenvalue weighted by molar-refractivity contribution is -0.166. The molecule has 0 saturated heterocycles. The lowest BCUT2D eigenvalue weighted by Crippen LogP contribution is -2.30. The zero-order valence-electron chi connectivity index (χ0n) is 44.3. The van der Waals surface area contributed by atoms with Gasteiger partial charge in [0.15, 0.2) is 6.10 Å². The topological polar surface area (TPSA) is 78.9 Å². The second-order valence-corrected chi connectivity index (χ2v) is 18.5. The Hall–Kier alpha value is -3.67. The molecule has 6 heteroatoms. The third-order valence-electron chi connectivity index (χ3n) is 11.8. The fraction of sp³-hybridized carbons (Fsp3) is 0.694. The third kappa shape index (κ3) is 53.3. The fourth-order valence-electron chi connectivity index (χ4n) is 7.62. The summed E-state index contributed by atoms with van der Waals surface area (Å²) >= 11 is 0. The van der Waals surface area contributed by atoms with Crippen molar-refractivity contribution in [3.05, 3.63) is 97.2 Å². The number of carbonyl (C=O) groups excluding carboxylic acids is 3. The highest BCUT2D eigenvalue weighted by molar-refractivity contribution is 5.71. The molecule has 0 radical (unpaired) electrons. The second-order valence-electron chi connectivity index (χ2n) is 18.5. The molecule has 0 amide bonds. The van der Waals surface area contributed by atoms with Gasteiger partial charge in [-0.2, -0.15) is 0 Å². The molecule has 0 spiro atoms. The second kappa shape index (κ2) is 55.9. The maximum absolute atomic E-state index is 12.8. The van der Waals surface area contributed by atoms with Crippen molar-refractivity contribution in [3.8, 4) is 0 Å². The number of esters is 3. The van der Waals surface area contributed by atoms with E-state index in [2.05, 4.69) is 112 Å². The van der Waals surface area contributed by atoms with Gasteiger partial charge in [-0.1, -0.05) is 246 Å². The average molecular weight is 946 g/mol. The van der Waals surface area contributed by atoms with Gasteiger partial charge in [-0.3, -0.25) is 14.4 Å². The molecule has 0 aromatic carbocycles. The molecule has 1 unspecified atom stereocenters. The molecular weight excluding hydrogens is 841 g/mol. The van der Waals surface area contributed by atoms with Crippen LogP contribution in [0.15, 0.2) is 97.2 Å². The van der Waals surface area contributed by atoms with Crippen molar-refractivity contribution in [3.63, 3.8) is 0 Å². The number of unbranched alkanes of at least 4 members (excludes halogenated alkanes) is 23. The van der Waals surface area contributed by atoms with Crippen LogP contribution < -0.4 is 0 Å². The van der Waals surface area contributed by atoms with Gasteiger partial charge < -0.3 is 14.2 Å². The summed E-state index contributed by atoms with van der Waals surface area (Å²) in [6.45, 7) is 6.44. The van der Waals surface area contributed by atoms with Crippen molar-refractivity contribution in [2.24, 2.45) is 0 Å². The van der Waals surface area contributed by atoms with E-state index in [1.54, 1.807) is 0 Å². The SMILES string of the molecule is CC/C=C\C/C=C\C/C=C\C/C=C\C/C=C\C/C=C\CCC(=O)OCC(COC(=O)CCCCCCCCCCCCCCCC)OC(=O)CCCCCCCCC/C=C\C/C=C\CCCCC. The Balaban J connectivity index is 4.51. The summed E-state index contributed by atoms with van der Waals surface area (Å²) in [7, 11) is 0. The number of hydrogen-bond acceptors (Lipinski definition) is 6. The van der Waals surface area contributed by atoms with E-state index in [0.29, 0.717) is 19.3 Å². The Morgan fingerprint density at radius 1 is 0.309 bits per heavy atom. The maximum atomic E-state index is 12.8. The zero-order valence-corrected chi connectivity index (χ0v) is 44.3. The summed E-state index contributed by atoms with van der Waals surface area (Å²) in [6.07, 6.45) is 74.0. The van der Waals surface area contributed by atoms with Crippen LogP contribution in [0.2, 0.25) is 0 Å². The molecule has 0 aromatic rings. The summed E-state index contributed by atoms with van der Waals surface area (Å²) in [5.74, 6) is -0.995. The van der Waals surface area contributed by atoms with Crippen molar-refractivity contribution in [2.75, 3.05) is 13.2 Å². The predicted molar refractivity (Wildman–Crippen MR) is 293 cm³/mol.